The van der Waals surface area contributed by atoms with Crippen LogP contribution in [0.1, 0.15) is 32.6 Å². The molecule has 9 heavy (non-hydrogen) atoms. The fraction of sp³-hybridized carbons (Fsp3) is 1.00. The summed E-state index contributed by atoms with van der Waals surface area (Å²) >= 11 is 0. The van der Waals surface area contributed by atoms with E-state index >= 15 is 0 Å². The Labute approximate surface area is 56.8 Å². The van der Waals surface area contributed by atoms with Crippen molar-refractivity contribution < 1.29 is 0 Å². The highest BCUT2D eigenvalue weighted by atomic mass is 15.0. The van der Waals surface area contributed by atoms with Gasteiger partial charge in [-0.1, -0.05) is 6.42 Å². The second-order valence-corrected chi connectivity index (χ2v) is 3.60. The first-order valence-electron chi connectivity index (χ1n) is 4.12. The van der Waals surface area contributed by atoms with Crippen LogP contribution in [0, 0.1) is 5.92 Å². The van der Waals surface area contributed by atoms with Gasteiger partial charge in [-0.3, -0.25) is 0 Å². The second-order valence-electron chi connectivity index (χ2n) is 3.60. The summed E-state index contributed by atoms with van der Waals surface area (Å²) < 4.78 is 0. The van der Waals surface area contributed by atoms with Gasteiger partial charge in [0.2, 0.25) is 0 Å². The quantitative estimate of drug-likeness (QED) is 0.518. The average molecular weight is 125 g/mol. The van der Waals surface area contributed by atoms with Crippen molar-refractivity contribution >= 4 is 0 Å². The molecule has 3 atom stereocenters. The second kappa shape index (κ2) is 1.98. The largest absolute Gasteiger partial charge is 0.311 e. The zero-order valence-electron chi connectivity index (χ0n) is 6.06. The minimum absolute atomic E-state index is 0.806. The Bertz CT molecular complexity index is 99.1. The summed E-state index contributed by atoms with van der Waals surface area (Å²) in [6.07, 6.45) is 5.83. The van der Waals surface area contributed by atoms with E-state index in [0.717, 1.165) is 18.0 Å². The van der Waals surface area contributed by atoms with E-state index in [-0.39, 0.29) is 0 Å². The normalized spacial score (nSPS) is 49.7. The minimum atomic E-state index is 0.806. The molecule has 1 N–H and O–H groups in total. The van der Waals surface area contributed by atoms with Crippen molar-refractivity contribution in [3.8, 4) is 0 Å². The number of hydrogen-bond donors (Lipinski definition) is 1. The Morgan fingerprint density at radius 1 is 1.33 bits per heavy atom. The summed E-state index contributed by atoms with van der Waals surface area (Å²) in [7, 11) is 0. The van der Waals surface area contributed by atoms with Gasteiger partial charge in [0.25, 0.3) is 0 Å². The molecule has 0 radical (unpaired) electrons. The van der Waals surface area contributed by atoms with Gasteiger partial charge in [0, 0.05) is 12.1 Å². The Hall–Kier alpha value is -0.0400. The zero-order chi connectivity index (χ0) is 6.27. The number of hydrogen-bond acceptors (Lipinski definition) is 1. The van der Waals surface area contributed by atoms with E-state index < -0.39 is 0 Å². The van der Waals surface area contributed by atoms with Gasteiger partial charge >= 0.3 is 0 Å². The van der Waals surface area contributed by atoms with Gasteiger partial charge < -0.3 is 5.32 Å². The summed E-state index contributed by atoms with van der Waals surface area (Å²) in [5, 5.41) is 3.62. The number of rotatable bonds is 0. The lowest BCUT2D eigenvalue weighted by molar-refractivity contribution is 0.518. The Kier molecular flexibility index (Phi) is 1.26. The van der Waals surface area contributed by atoms with E-state index in [9.17, 15) is 0 Å². The lowest BCUT2D eigenvalue weighted by Crippen LogP contribution is -2.26. The van der Waals surface area contributed by atoms with Crippen molar-refractivity contribution in [3.63, 3.8) is 0 Å². The third kappa shape index (κ3) is 0.877. The molecule has 1 heteroatoms. The van der Waals surface area contributed by atoms with Crippen LogP contribution in [0.15, 0.2) is 0 Å². The van der Waals surface area contributed by atoms with Gasteiger partial charge in [0.05, 0.1) is 0 Å². The topological polar surface area (TPSA) is 12.0 Å². The van der Waals surface area contributed by atoms with Gasteiger partial charge in [-0.2, -0.15) is 0 Å². The Morgan fingerprint density at radius 3 is 3.00 bits per heavy atom. The molecule has 1 saturated heterocycles. The van der Waals surface area contributed by atoms with Crippen molar-refractivity contribution in [1.29, 1.82) is 0 Å². The van der Waals surface area contributed by atoms with Crippen molar-refractivity contribution in [3.05, 3.63) is 0 Å². The van der Waals surface area contributed by atoms with Crippen molar-refractivity contribution in [2.24, 2.45) is 5.92 Å². The smallest absolute Gasteiger partial charge is 0.00983 e. The maximum absolute atomic E-state index is 3.62. The summed E-state index contributed by atoms with van der Waals surface area (Å²) in [4.78, 5) is 0. The van der Waals surface area contributed by atoms with Crippen LogP contribution in [0.4, 0.5) is 0 Å². The number of fused-ring (bicyclic) bond motifs is 1. The highest BCUT2D eigenvalue weighted by Crippen LogP contribution is 2.34. The molecule has 0 bridgehead atoms. The molecule has 1 heterocycles. The Morgan fingerprint density at radius 2 is 2.22 bits per heavy atom. The first kappa shape index (κ1) is 5.72. The van der Waals surface area contributed by atoms with Gasteiger partial charge in [-0.05, 0) is 32.1 Å². The zero-order valence-corrected chi connectivity index (χ0v) is 6.06. The van der Waals surface area contributed by atoms with Crippen LogP contribution in [0.2, 0.25) is 0 Å². The fourth-order valence-corrected chi connectivity index (χ4v) is 2.43. The highest BCUT2D eigenvalue weighted by Gasteiger charge is 2.34. The molecule has 0 aromatic carbocycles. The molecule has 1 aliphatic heterocycles. The summed E-state index contributed by atoms with van der Waals surface area (Å²) in [5.74, 6) is 1.04. The standard InChI is InChI=1S/C8H15N/c1-6-5-7-3-2-4-8(7)9-6/h6-9H,2-5H2,1H3/t6?,7-,8-/m1/s1. The van der Waals surface area contributed by atoms with E-state index in [1.165, 1.54) is 25.7 Å². The van der Waals surface area contributed by atoms with Gasteiger partial charge in [-0.15, -0.1) is 0 Å². The predicted molar refractivity (Wildman–Crippen MR) is 38.3 cm³/mol. The molecule has 1 nitrogen and oxygen atoms in total. The molecular weight excluding hydrogens is 110 g/mol. The lowest BCUT2D eigenvalue weighted by Gasteiger charge is -2.06. The summed E-state index contributed by atoms with van der Waals surface area (Å²) in [6, 6.07) is 1.71. The molecule has 1 saturated carbocycles. The molecule has 1 aliphatic carbocycles. The van der Waals surface area contributed by atoms with Crippen LogP contribution in [-0.2, 0) is 0 Å². The third-order valence-electron chi connectivity index (χ3n) is 2.81. The van der Waals surface area contributed by atoms with Crippen LogP contribution in [-0.4, -0.2) is 12.1 Å². The molecular formula is C8H15N. The average Bonchev–Trinajstić information content (AvgIpc) is 2.22. The molecule has 2 fully saturated rings. The van der Waals surface area contributed by atoms with Gasteiger partial charge in [-0.25, -0.2) is 0 Å². The van der Waals surface area contributed by atoms with Gasteiger partial charge in [0.1, 0.15) is 0 Å². The maximum atomic E-state index is 3.62. The minimum Gasteiger partial charge on any atom is -0.311 e. The first-order valence-corrected chi connectivity index (χ1v) is 4.12. The van der Waals surface area contributed by atoms with Crippen LogP contribution in [0.5, 0.6) is 0 Å². The molecule has 0 spiro atoms. The molecule has 0 aromatic heterocycles. The maximum Gasteiger partial charge on any atom is 0.00983 e. The van der Waals surface area contributed by atoms with Crippen LogP contribution < -0.4 is 5.32 Å². The predicted octanol–water partition coefficient (Wildman–Crippen LogP) is 1.54. The number of nitrogens with one attached hydrogen (secondary N) is 1. The van der Waals surface area contributed by atoms with E-state index in [4.69, 9.17) is 0 Å². The third-order valence-corrected chi connectivity index (χ3v) is 2.81. The molecule has 0 aromatic rings. The molecule has 2 aliphatic rings. The SMILES string of the molecule is CC1C[C@H]2CCC[C@H]2N1. The summed E-state index contributed by atoms with van der Waals surface area (Å²) in [6.45, 7) is 2.30. The van der Waals surface area contributed by atoms with Crippen LogP contribution in [0.25, 0.3) is 0 Å². The fourth-order valence-electron chi connectivity index (χ4n) is 2.43. The molecule has 1 unspecified atom stereocenters. The van der Waals surface area contributed by atoms with E-state index in [2.05, 4.69) is 12.2 Å². The van der Waals surface area contributed by atoms with E-state index in [1.807, 2.05) is 0 Å². The van der Waals surface area contributed by atoms with Crippen LogP contribution in [0.3, 0.4) is 0 Å². The van der Waals surface area contributed by atoms with Gasteiger partial charge in [0.15, 0.2) is 0 Å². The van der Waals surface area contributed by atoms with Crippen LogP contribution >= 0.6 is 0 Å². The lowest BCUT2D eigenvalue weighted by atomic mass is 10.0. The van der Waals surface area contributed by atoms with E-state index in [1.54, 1.807) is 0 Å². The molecule has 52 valence electrons. The molecule has 2 rings (SSSR count). The monoisotopic (exact) mass is 125 g/mol. The summed E-state index contributed by atoms with van der Waals surface area (Å²) in [5.41, 5.74) is 0. The first-order chi connectivity index (χ1) is 4.36. The van der Waals surface area contributed by atoms with Crippen molar-refractivity contribution in [2.45, 2.75) is 44.7 Å². The Balaban J connectivity index is 2.02. The van der Waals surface area contributed by atoms with Crippen molar-refractivity contribution in [2.75, 3.05) is 0 Å². The molecule has 0 amide bonds. The van der Waals surface area contributed by atoms with Crippen molar-refractivity contribution in [1.82, 2.24) is 5.32 Å². The highest BCUT2D eigenvalue weighted by molar-refractivity contribution is 4.92. The van der Waals surface area contributed by atoms with E-state index in [0.29, 0.717) is 0 Å².